The zero-order valence-electron chi connectivity index (χ0n) is 12.3. The third-order valence-corrected chi connectivity index (χ3v) is 3.79. The molecule has 0 heterocycles. The van der Waals surface area contributed by atoms with Gasteiger partial charge in [-0.25, -0.2) is 0 Å². The van der Waals surface area contributed by atoms with E-state index in [9.17, 15) is 0 Å². The lowest BCUT2D eigenvalue weighted by Gasteiger charge is -2.14. The summed E-state index contributed by atoms with van der Waals surface area (Å²) in [4.78, 5) is 0. The Morgan fingerprint density at radius 1 is 1.05 bits per heavy atom. The highest BCUT2D eigenvalue weighted by molar-refractivity contribution is 5.65. The van der Waals surface area contributed by atoms with Crippen molar-refractivity contribution in [1.29, 1.82) is 0 Å². The van der Waals surface area contributed by atoms with Gasteiger partial charge >= 0.3 is 0 Å². The number of nitrogens with two attached hydrogens (primary N) is 1. The van der Waals surface area contributed by atoms with Gasteiger partial charge in [0.05, 0.1) is 7.11 Å². The van der Waals surface area contributed by atoms with Crippen molar-refractivity contribution in [3.8, 4) is 16.9 Å². The molecule has 106 valence electrons. The van der Waals surface area contributed by atoms with Crippen molar-refractivity contribution in [3.05, 3.63) is 54.1 Å². The van der Waals surface area contributed by atoms with E-state index in [1.54, 1.807) is 7.11 Å². The third kappa shape index (κ3) is 3.40. The maximum absolute atomic E-state index is 5.68. The van der Waals surface area contributed by atoms with Gasteiger partial charge in [-0.1, -0.05) is 43.3 Å². The fraction of sp³-hybridized carbons (Fsp3) is 0.333. The second-order valence-electron chi connectivity index (χ2n) is 5.04. The largest absolute Gasteiger partial charge is 0.497 e. The molecule has 0 amide bonds. The summed E-state index contributed by atoms with van der Waals surface area (Å²) in [6.45, 7) is 2.96. The molecule has 2 aromatic carbocycles. The molecule has 0 aliphatic rings. The predicted octanol–water partition coefficient (Wildman–Crippen LogP) is 4.20. The van der Waals surface area contributed by atoms with E-state index in [-0.39, 0.29) is 0 Å². The summed E-state index contributed by atoms with van der Waals surface area (Å²) in [5.41, 5.74) is 9.46. The lowest BCUT2D eigenvalue weighted by atomic mass is 9.92. The van der Waals surface area contributed by atoms with Crippen LogP contribution in [0.5, 0.6) is 5.75 Å². The summed E-state index contributed by atoms with van der Waals surface area (Å²) in [5, 5.41) is 0. The second kappa shape index (κ2) is 7.11. The van der Waals surface area contributed by atoms with E-state index < -0.39 is 0 Å². The van der Waals surface area contributed by atoms with Crippen LogP contribution in [0.2, 0.25) is 0 Å². The quantitative estimate of drug-likeness (QED) is 0.852. The molecule has 0 aliphatic heterocycles. The van der Waals surface area contributed by atoms with Gasteiger partial charge in [-0.3, -0.25) is 0 Å². The highest BCUT2D eigenvalue weighted by Crippen LogP contribution is 2.27. The molecule has 0 saturated carbocycles. The van der Waals surface area contributed by atoms with E-state index in [2.05, 4.69) is 43.3 Å². The smallest absolute Gasteiger partial charge is 0.119 e. The van der Waals surface area contributed by atoms with Crippen molar-refractivity contribution in [3.63, 3.8) is 0 Å². The van der Waals surface area contributed by atoms with Crippen LogP contribution in [0.1, 0.15) is 31.2 Å². The minimum atomic E-state index is 0.569. The molecule has 2 rings (SSSR count). The van der Waals surface area contributed by atoms with Crippen LogP contribution in [0.25, 0.3) is 11.1 Å². The molecule has 0 radical (unpaired) electrons. The van der Waals surface area contributed by atoms with Crippen LogP contribution in [0.3, 0.4) is 0 Å². The predicted molar refractivity (Wildman–Crippen MR) is 85.1 cm³/mol. The monoisotopic (exact) mass is 269 g/mol. The van der Waals surface area contributed by atoms with Gasteiger partial charge in [-0.05, 0) is 54.1 Å². The van der Waals surface area contributed by atoms with Crippen molar-refractivity contribution in [2.45, 2.75) is 25.7 Å². The van der Waals surface area contributed by atoms with Crippen LogP contribution in [0.15, 0.2) is 48.5 Å². The van der Waals surface area contributed by atoms with E-state index in [0.29, 0.717) is 5.92 Å². The summed E-state index contributed by atoms with van der Waals surface area (Å²) in [5.74, 6) is 1.46. The molecule has 2 aromatic rings. The van der Waals surface area contributed by atoms with Crippen LogP contribution < -0.4 is 10.5 Å². The molecule has 0 fully saturated rings. The first-order valence-corrected chi connectivity index (χ1v) is 7.23. The average Bonchev–Trinajstić information content (AvgIpc) is 2.53. The van der Waals surface area contributed by atoms with Gasteiger partial charge in [0.1, 0.15) is 5.75 Å². The fourth-order valence-corrected chi connectivity index (χ4v) is 2.56. The Balaban J connectivity index is 2.22. The summed E-state index contributed by atoms with van der Waals surface area (Å²) >= 11 is 0. The van der Waals surface area contributed by atoms with Gasteiger partial charge in [-0.15, -0.1) is 0 Å². The summed E-state index contributed by atoms with van der Waals surface area (Å²) in [6, 6.07) is 17.0. The van der Waals surface area contributed by atoms with E-state index >= 15 is 0 Å². The van der Waals surface area contributed by atoms with Gasteiger partial charge in [0.2, 0.25) is 0 Å². The highest BCUT2D eigenvalue weighted by atomic mass is 16.5. The maximum Gasteiger partial charge on any atom is 0.119 e. The molecule has 0 aromatic heterocycles. The Bertz CT molecular complexity index is 533. The van der Waals surface area contributed by atoms with Crippen LogP contribution in [0.4, 0.5) is 0 Å². The Morgan fingerprint density at radius 3 is 2.40 bits per heavy atom. The number of ether oxygens (including phenoxy) is 1. The molecule has 2 nitrogen and oxygen atoms in total. The molecule has 0 aliphatic carbocycles. The molecule has 20 heavy (non-hydrogen) atoms. The number of benzene rings is 2. The van der Waals surface area contributed by atoms with Crippen molar-refractivity contribution < 1.29 is 4.74 Å². The third-order valence-electron chi connectivity index (χ3n) is 3.79. The molecule has 1 unspecified atom stereocenters. The van der Waals surface area contributed by atoms with Crippen LogP contribution in [-0.4, -0.2) is 13.7 Å². The van der Waals surface area contributed by atoms with Gasteiger partial charge in [0.25, 0.3) is 0 Å². The van der Waals surface area contributed by atoms with Crippen LogP contribution in [-0.2, 0) is 0 Å². The molecule has 2 heteroatoms. The fourth-order valence-electron chi connectivity index (χ4n) is 2.56. The number of hydrogen-bond acceptors (Lipinski definition) is 2. The average molecular weight is 269 g/mol. The molecule has 2 N–H and O–H groups in total. The van der Waals surface area contributed by atoms with Crippen molar-refractivity contribution in [1.82, 2.24) is 0 Å². The summed E-state index contributed by atoms with van der Waals surface area (Å²) < 4.78 is 5.27. The van der Waals surface area contributed by atoms with E-state index in [4.69, 9.17) is 10.5 Å². The standard InChI is InChI=1S/C18H23NO/c1-3-14(11-12-19)15-7-9-16(10-8-15)17-5-4-6-18(13-17)20-2/h4-10,13-14H,3,11-12,19H2,1-2H3. The van der Waals surface area contributed by atoms with Crippen molar-refractivity contribution in [2.24, 2.45) is 5.73 Å². The first-order chi connectivity index (χ1) is 9.78. The van der Waals surface area contributed by atoms with Crippen LogP contribution in [0, 0.1) is 0 Å². The number of methoxy groups -OCH3 is 1. The highest BCUT2D eigenvalue weighted by Gasteiger charge is 2.08. The van der Waals surface area contributed by atoms with E-state index in [1.807, 2.05) is 12.1 Å². The zero-order chi connectivity index (χ0) is 14.4. The SMILES string of the molecule is CCC(CCN)c1ccc(-c2cccc(OC)c2)cc1. The Kier molecular flexibility index (Phi) is 5.19. The van der Waals surface area contributed by atoms with Gasteiger partial charge < -0.3 is 10.5 Å². The minimum Gasteiger partial charge on any atom is -0.497 e. The van der Waals surface area contributed by atoms with Crippen molar-refractivity contribution in [2.75, 3.05) is 13.7 Å². The molecule has 1 atom stereocenters. The lowest BCUT2D eigenvalue weighted by molar-refractivity contribution is 0.415. The number of rotatable bonds is 6. The van der Waals surface area contributed by atoms with Crippen molar-refractivity contribution >= 4 is 0 Å². The molecule has 0 saturated heterocycles. The molecule has 0 spiro atoms. The number of hydrogen-bond donors (Lipinski definition) is 1. The van der Waals surface area contributed by atoms with Crippen LogP contribution >= 0.6 is 0 Å². The van der Waals surface area contributed by atoms with Gasteiger partial charge in [0, 0.05) is 0 Å². The second-order valence-corrected chi connectivity index (χ2v) is 5.04. The Hall–Kier alpha value is -1.80. The Labute approximate surface area is 121 Å². The topological polar surface area (TPSA) is 35.2 Å². The summed E-state index contributed by atoms with van der Waals surface area (Å²) in [6.07, 6.45) is 2.19. The molecular formula is C18H23NO. The molecule has 0 bridgehead atoms. The first kappa shape index (κ1) is 14.6. The van der Waals surface area contributed by atoms with E-state index in [0.717, 1.165) is 25.1 Å². The first-order valence-electron chi connectivity index (χ1n) is 7.23. The normalized spacial score (nSPS) is 12.2. The maximum atomic E-state index is 5.68. The zero-order valence-corrected chi connectivity index (χ0v) is 12.3. The Morgan fingerprint density at radius 2 is 1.80 bits per heavy atom. The van der Waals surface area contributed by atoms with Gasteiger partial charge in [0.15, 0.2) is 0 Å². The lowest BCUT2D eigenvalue weighted by Crippen LogP contribution is -2.06. The minimum absolute atomic E-state index is 0.569. The van der Waals surface area contributed by atoms with Gasteiger partial charge in [-0.2, -0.15) is 0 Å². The molecular weight excluding hydrogens is 246 g/mol. The van der Waals surface area contributed by atoms with E-state index in [1.165, 1.54) is 16.7 Å². The summed E-state index contributed by atoms with van der Waals surface area (Å²) in [7, 11) is 1.70.